The molecule has 0 spiro atoms. The minimum absolute atomic E-state index is 0.139. The summed E-state index contributed by atoms with van der Waals surface area (Å²) in [4.78, 5) is 4.05. The van der Waals surface area contributed by atoms with E-state index in [1.165, 1.54) is 0 Å². The summed E-state index contributed by atoms with van der Waals surface area (Å²) in [5.41, 5.74) is 6.77. The number of phenols is 1. The summed E-state index contributed by atoms with van der Waals surface area (Å²) in [6.07, 6.45) is 0. The average molecular weight is 212 g/mol. The van der Waals surface area contributed by atoms with Crippen LogP contribution in [0.25, 0.3) is 11.0 Å². The first-order valence-corrected chi connectivity index (χ1v) is 4.65. The standard InChI is InChI=1S/C9H10ClN3O/c10-9-12-8-6(13(9)5-4-11)2-1-3-7(8)14/h1-3,14H,4-5,11H2. The summed E-state index contributed by atoms with van der Waals surface area (Å²) in [5, 5.41) is 9.87. The SMILES string of the molecule is NCCn1c(Cl)nc2c(O)cccc21. The van der Waals surface area contributed by atoms with Crippen molar-refractivity contribution in [3.05, 3.63) is 23.5 Å². The molecule has 0 bridgehead atoms. The maximum absolute atomic E-state index is 9.51. The maximum atomic E-state index is 9.51. The van der Waals surface area contributed by atoms with Crippen LogP contribution in [0.2, 0.25) is 5.28 Å². The van der Waals surface area contributed by atoms with Crippen molar-refractivity contribution in [2.75, 3.05) is 6.54 Å². The van der Waals surface area contributed by atoms with E-state index in [4.69, 9.17) is 17.3 Å². The lowest BCUT2D eigenvalue weighted by Crippen LogP contribution is -2.09. The largest absolute Gasteiger partial charge is 0.506 e. The number of fused-ring (bicyclic) bond motifs is 1. The van der Waals surface area contributed by atoms with Crippen LogP contribution in [0.5, 0.6) is 5.75 Å². The fraction of sp³-hybridized carbons (Fsp3) is 0.222. The Morgan fingerprint density at radius 2 is 2.29 bits per heavy atom. The van der Waals surface area contributed by atoms with Gasteiger partial charge in [0.2, 0.25) is 5.28 Å². The number of rotatable bonds is 2. The second-order valence-corrected chi connectivity index (χ2v) is 3.30. The molecule has 0 radical (unpaired) electrons. The van der Waals surface area contributed by atoms with E-state index in [1.54, 1.807) is 16.7 Å². The molecule has 14 heavy (non-hydrogen) atoms. The van der Waals surface area contributed by atoms with Crippen molar-refractivity contribution < 1.29 is 5.11 Å². The molecule has 0 fully saturated rings. The third kappa shape index (κ3) is 1.32. The second kappa shape index (κ2) is 3.48. The minimum atomic E-state index is 0.139. The quantitative estimate of drug-likeness (QED) is 0.788. The Bertz CT molecular complexity index is 466. The molecule has 1 heterocycles. The van der Waals surface area contributed by atoms with Crippen molar-refractivity contribution in [1.82, 2.24) is 9.55 Å². The van der Waals surface area contributed by atoms with Gasteiger partial charge >= 0.3 is 0 Å². The van der Waals surface area contributed by atoms with E-state index in [-0.39, 0.29) is 5.75 Å². The normalized spacial score (nSPS) is 11.0. The van der Waals surface area contributed by atoms with Gasteiger partial charge in [-0.25, -0.2) is 4.98 Å². The number of aromatic hydroxyl groups is 1. The second-order valence-electron chi connectivity index (χ2n) is 2.97. The molecule has 0 unspecified atom stereocenters. The lowest BCUT2D eigenvalue weighted by atomic mass is 10.3. The lowest BCUT2D eigenvalue weighted by molar-refractivity contribution is 0.480. The number of hydrogen-bond acceptors (Lipinski definition) is 3. The van der Waals surface area contributed by atoms with Crippen LogP contribution in [0.4, 0.5) is 0 Å². The van der Waals surface area contributed by atoms with Gasteiger partial charge in [-0.15, -0.1) is 0 Å². The third-order valence-electron chi connectivity index (χ3n) is 2.06. The third-order valence-corrected chi connectivity index (χ3v) is 2.35. The van der Waals surface area contributed by atoms with Crippen molar-refractivity contribution >= 4 is 22.6 Å². The molecule has 2 rings (SSSR count). The van der Waals surface area contributed by atoms with E-state index in [1.807, 2.05) is 6.07 Å². The summed E-state index contributed by atoms with van der Waals surface area (Å²) >= 11 is 5.90. The molecule has 1 aromatic carbocycles. The van der Waals surface area contributed by atoms with E-state index in [2.05, 4.69) is 4.98 Å². The van der Waals surface area contributed by atoms with Crippen molar-refractivity contribution in [1.29, 1.82) is 0 Å². The summed E-state index contributed by atoms with van der Waals surface area (Å²) < 4.78 is 1.77. The van der Waals surface area contributed by atoms with E-state index in [9.17, 15) is 5.11 Å². The number of nitrogens with two attached hydrogens (primary N) is 1. The Kier molecular flexibility index (Phi) is 2.31. The van der Waals surface area contributed by atoms with Crippen LogP contribution in [0.1, 0.15) is 0 Å². The zero-order valence-corrected chi connectivity index (χ0v) is 8.20. The summed E-state index contributed by atoms with van der Waals surface area (Å²) in [6, 6.07) is 5.19. The van der Waals surface area contributed by atoms with Crippen LogP contribution in [0, 0.1) is 0 Å². The number of phenolic OH excluding ortho intramolecular Hbond substituents is 1. The molecule has 74 valence electrons. The highest BCUT2D eigenvalue weighted by Gasteiger charge is 2.10. The number of nitrogens with zero attached hydrogens (tertiary/aromatic N) is 2. The van der Waals surface area contributed by atoms with E-state index < -0.39 is 0 Å². The van der Waals surface area contributed by atoms with Crippen molar-refractivity contribution in [3.8, 4) is 5.75 Å². The number of para-hydroxylation sites is 1. The Labute approximate surface area is 85.9 Å². The van der Waals surface area contributed by atoms with Gasteiger partial charge in [0.05, 0.1) is 5.52 Å². The number of hydrogen-bond donors (Lipinski definition) is 2. The number of halogens is 1. The molecule has 0 aliphatic carbocycles. The summed E-state index contributed by atoms with van der Waals surface area (Å²) in [6.45, 7) is 1.08. The van der Waals surface area contributed by atoms with Crippen LogP contribution in [-0.2, 0) is 6.54 Å². The molecule has 2 aromatic rings. The van der Waals surface area contributed by atoms with Crippen LogP contribution in [0.3, 0.4) is 0 Å². The zero-order chi connectivity index (χ0) is 10.1. The van der Waals surface area contributed by atoms with Crippen LogP contribution < -0.4 is 5.73 Å². The smallest absolute Gasteiger partial charge is 0.203 e. The number of imidazole rings is 1. The molecule has 0 saturated heterocycles. The fourth-order valence-electron chi connectivity index (χ4n) is 1.45. The fourth-order valence-corrected chi connectivity index (χ4v) is 1.71. The van der Waals surface area contributed by atoms with Gasteiger partial charge < -0.3 is 15.4 Å². The molecule has 5 heteroatoms. The highest BCUT2D eigenvalue weighted by atomic mass is 35.5. The number of benzene rings is 1. The average Bonchev–Trinajstić information content (AvgIpc) is 2.47. The van der Waals surface area contributed by atoms with Gasteiger partial charge in [0.25, 0.3) is 0 Å². The van der Waals surface area contributed by atoms with Crippen LogP contribution in [0.15, 0.2) is 18.2 Å². The molecule has 0 aliphatic rings. The van der Waals surface area contributed by atoms with Gasteiger partial charge in [-0.1, -0.05) is 6.07 Å². The Hall–Kier alpha value is -1.26. The molecule has 1 aromatic heterocycles. The molecule has 0 saturated carbocycles. The zero-order valence-electron chi connectivity index (χ0n) is 7.44. The van der Waals surface area contributed by atoms with Crippen molar-refractivity contribution in [2.45, 2.75) is 6.54 Å². The first kappa shape index (κ1) is 9.30. The van der Waals surface area contributed by atoms with E-state index >= 15 is 0 Å². The maximum Gasteiger partial charge on any atom is 0.203 e. The topological polar surface area (TPSA) is 64.1 Å². The first-order valence-electron chi connectivity index (χ1n) is 4.28. The number of aromatic nitrogens is 2. The highest BCUT2D eigenvalue weighted by molar-refractivity contribution is 6.29. The Morgan fingerprint density at radius 3 is 3.00 bits per heavy atom. The van der Waals surface area contributed by atoms with Crippen molar-refractivity contribution in [3.63, 3.8) is 0 Å². The molecular weight excluding hydrogens is 202 g/mol. The van der Waals surface area contributed by atoms with Crippen LogP contribution in [-0.4, -0.2) is 21.2 Å². The van der Waals surface area contributed by atoms with E-state index in [0.29, 0.717) is 23.9 Å². The van der Waals surface area contributed by atoms with Crippen LogP contribution >= 0.6 is 11.6 Å². The van der Waals surface area contributed by atoms with Crippen molar-refractivity contribution in [2.24, 2.45) is 5.73 Å². The molecular formula is C9H10ClN3O. The molecule has 0 amide bonds. The lowest BCUT2D eigenvalue weighted by Gasteiger charge is -2.02. The minimum Gasteiger partial charge on any atom is -0.506 e. The first-order chi connectivity index (χ1) is 6.74. The molecule has 4 nitrogen and oxygen atoms in total. The highest BCUT2D eigenvalue weighted by Crippen LogP contribution is 2.26. The van der Waals surface area contributed by atoms with Gasteiger partial charge in [-0.3, -0.25) is 0 Å². The van der Waals surface area contributed by atoms with Gasteiger partial charge in [-0.2, -0.15) is 0 Å². The van der Waals surface area contributed by atoms with E-state index in [0.717, 1.165) is 5.52 Å². The monoisotopic (exact) mass is 211 g/mol. The molecule has 0 atom stereocenters. The Morgan fingerprint density at radius 1 is 1.50 bits per heavy atom. The molecule has 0 aliphatic heterocycles. The van der Waals surface area contributed by atoms with Gasteiger partial charge in [-0.05, 0) is 23.7 Å². The van der Waals surface area contributed by atoms with Gasteiger partial charge in [0.1, 0.15) is 11.3 Å². The Balaban J connectivity index is 2.70. The molecule has 3 N–H and O–H groups in total. The predicted molar refractivity (Wildman–Crippen MR) is 55.5 cm³/mol. The summed E-state index contributed by atoms with van der Waals surface area (Å²) in [5.74, 6) is 0.139. The predicted octanol–water partition coefficient (Wildman–Crippen LogP) is 1.35. The summed E-state index contributed by atoms with van der Waals surface area (Å²) in [7, 11) is 0. The van der Waals surface area contributed by atoms with Gasteiger partial charge in [0.15, 0.2) is 0 Å². The van der Waals surface area contributed by atoms with Gasteiger partial charge in [0, 0.05) is 13.1 Å².